The average Bonchev–Trinajstić information content (AvgIpc) is 2.77. The fraction of sp³-hybridized carbons (Fsp3) is 0.462. The molecule has 2 heterocycles. The molecule has 0 amide bonds. The molecule has 0 saturated carbocycles. The molecule has 0 radical (unpaired) electrons. The molecule has 102 valence electrons. The van der Waals surface area contributed by atoms with Crippen molar-refractivity contribution < 1.29 is 4.52 Å². The molecule has 2 aromatic heterocycles. The highest BCUT2D eigenvalue weighted by Crippen LogP contribution is 2.33. The Morgan fingerprint density at radius 2 is 1.89 bits per heavy atom. The van der Waals surface area contributed by atoms with E-state index in [2.05, 4.69) is 31.1 Å². The predicted octanol–water partition coefficient (Wildman–Crippen LogP) is 2.91. The number of pyridine rings is 1. The van der Waals surface area contributed by atoms with Crippen molar-refractivity contribution in [3.63, 3.8) is 0 Å². The van der Waals surface area contributed by atoms with Crippen LogP contribution >= 0.6 is 15.9 Å². The lowest BCUT2D eigenvalue weighted by atomic mass is 9.75. The molecule has 6 heteroatoms. The quantitative estimate of drug-likeness (QED) is 0.939. The van der Waals surface area contributed by atoms with E-state index in [-0.39, 0.29) is 0 Å². The van der Waals surface area contributed by atoms with E-state index < -0.39 is 11.0 Å². The van der Waals surface area contributed by atoms with E-state index in [9.17, 15) is 0 Å². The summed E-state index contributed by atoms with van der Waals surface area (Å²) in [6.45, 7) is 7.86. The molecule has 0 bridgehead atoms. The van der Waals surface area contributed by atoms with E-state index in [4.69, 9.17) is 10.3 Å². The van der Waals surface area contributed by atoms with E-state index in [0.29, 0.717) is 11.7 Å². The molecular weight excluding hydrogens is 308 g/mol. The number of nitrogens with two attached hydrogens (primary N) is 1. The lowest BCUT2D eigenvalue weighted by Gasteiger charge is -2.34. The zero-order valence-corrected chi connectivity index (χ0v) is 13.0. The standard InChI is InChI=1S/C13H17BrN4O/c1-12(2,13(3,4)15)11-17-10(18-19-11)8-5-9(14)7-16-6-8/h5-7H,15H2,1-4H3. The summed E-state index contributed by atoms with van der Waals surface area (Å²) in [6, 6.07) is 1.89. The van der Waals surface area contributed by atoms with Crippen molar-refractivity contribution in [1.82, 2.24) is 15.1 Å². The Labute approximate surface area is 120 Å². The molecule has 0 aliphatic heterocycles. The van der Waals surface area contributed by atoms with Gasteiger partial charge in [-0.15, -0.1) is 0 Å². The maximum absolute atomic E-state index is 6.17. The molecule has 0 spiro atoms. The molecule has 0 saturated heterocycles. The van der Waals surface area contributed by atoms with Crippen molar-refractivity contribution in [1.29, 1.82) is 0 Å². The summed E-state index contributed by atoms with van der Waals surface area (Å²) >= 11 is 3.37. The summed E-state index contributed by atoms with van der Waals surface area (Å²) in [5.74, 6) is 1.04. The first kappa shape index (κ1) is 14.1. The van der Waals surface area contributed by atoms with E-state index in [0.717, 1.165) is 10.0 Å². The Morgan fingerprint density at radius 1 is 1.21 bits per heavy atom. The summed E-state index contributed by atoms with van der Waals surface area (Å²) < 4.78 is 6.24. The zero-order valence-electron chi connectivity index (χ0n) is 11.4. The number of rotatable bonds is 3. The third-order valence-corrected chi connectivity index (χ3v) is 3.97. The molecule has 2 N–H and O–H groups in total. The van der Waals surface area contributed by atoms with Gasteiger partial charge in [-0.05, 0) is 49.7 Å². The highest BCUT2D eigenvalue weighted by atomic mass is 79.9. The van der Waals surface area contributed by atoms with Crippen molar-refractivity contribution in [2.75, 3.05) is 0 Å². The van der Waals surface area contributed by atoms with Gasteiger partial charge in [-0.2, -0.15) is 4.98 Å². The molecular formula is C13H17BrN4O. The van der Waals surface area contributed by atoms with Gasteiger partial charge >= 0.3 is 0 Å². The van der Waals surface area contributed by atoms with Crippen molar-refractivity contribution in [2.45, 2.75) is 38.6 Å². The van der Waals surface area contributed by atoms with Gasteiger partial charge in [0.05, 0.1) is 5.41 Å². The van der Waals surface area contributed by atoms with Gasteiger partial charge in [0.15, 0.2) is 0 Å². The highest BCUT2D eigenvalue weighted by Gasteiger charge is 2.40. The van der Waals surface area contributed by atoms with Gasteiger partial charge in [0.2, 0.25) is 11.7 Å². The molecule has 0 aliphatic rings. The second-order valence-corrected chi connectivity index (χ2v) is 6.58. The van der Waals surface area contributed by atoms with Gasteiger partial charge in [-0.3, -0.25) is 4.98 Å². The Kier molecular flexibility index (Phi) is 3.49. The van der Waals surface area contributed by atoms with Crippen LogP contribution in [0, 0.1) is 0 Å². The molecule has 0 aliphatic carbocycles. The molecule has 2 rings (SSSR count). The SMILES string of the molecule is CC(C)(N)C(C)(C)c1nc(-c2cncc(Br)c2)no1. The molecule has 2 aromatic rings. The minimum Gasteiger partial charge on any atom is -0.338 e. The summed E-state index contributed by atoms with van der Waals surface area (Å²) in [5, 5.41) is 4.00. The molecule has 5 nitrogen and oxygen atoms in total. The topological polar surface area (TPSA) is 77.8 Å². The Morgan fingerprint density at radius 3 is 2.47 bits per heavy atom. The lowest BCUT2D eigenvalue weighted by molar-refractivity contribution is 0.223. The first-order valence-electron chi connectivity index (χ1n) is 5.96. The van der Waals surface area contributed by atoms with Crippen molar-refractivity contribution in [2.24, 2.45) is 5.73 Å². The van der Waals surface area contributed by atoms with Crippen LogP contribution in [0.15, 0.2) is 27.5 Å². The smallest absolute Gasteiger partial charge is 0.234 e. The van der Waals surface area contributed by atoms with Crippen LogP contribution in [0.4, 0.5) is 0 Å². The van der Waals surface area contributed by atoms with Crippen LogP contribution in [0.1, 0.15) is 33.6 Å². The first-order chi connectivity index (χ1) is 8.72. The summed E-state index contributed by atoms with van der Waals surface area (Å²) in [4.78, 5) is 8.53. The van der Waals surface area contributed by atoms with E-state index >= 15 is 0 Å². The predicted molar refractivity (Wildman–Crippen MR) is 76.5 cm³/mol. The second-order valence-electron chi connectivity index (χ2n) is 5.66. The van der Waals surface area contributed by atoms with Gasteiger partial charge in [0.25, 0.3) is 0 Å². The van der Waals surface area contributed by atoms with E-state index in [1.165, 1.54) is 0 Å². The summed E-state index contributed by atoms with van der Waals surface area (Å²) in [7, 11) is 0. The molecule has 0 aromatic carbocycles. The monoisotopic (exact) mass is 324 g/mol. The van der Waals surface area contributed by atoms with Crippen LogP contribution in [-0.4, -0.2) is 20.7 Å². The van der Waals surface area contributed by atoms with E-state index in [1.807, 2.05) is 33.8 Å². The molecule has 0 unspecified atom stereocenters. The van der Waals surface area contributed by atoms with Crippen molar-refractivity contribution >= 4 is 15.9 Å². The van der Waals surface area contributed by atoms with Gasteiger partial charge in [0.1, 0.15) is 0 Å². The third kappa shape index (κ3) is 2.69. The summed E-state index contributed by atoms with van der Waals surface area (Å²) in [6.07, 6.45) is 3.40. The average molecular weight is 325 g/mol. The number of aromatic nitrogens is 3. The highest BCUT2D eigenvalue weighted by molar-refractivity contribution is 9.10. The van der Waals surface area contributed by atoms with Crippen molar-refractivity contribution in [3.05, 3.63) is 28.8 Å². The minimum absolute atomic E-state index is 0.419. The summed E-state index contributed by atoms with van der Waals surface area (Å²) in [5.41, 5.74) is 6.09. The Hall–Kier alpha value is -1.27. The Bertz CT molecular complexity index is 586. The maximum atomic E-state index is 6.17. The van der Waals surface area contributed by atoms with Gasteiger partial charge in [-0.1, -0.05) is 5.16 Å². The minimum atomic E-state index is -0.466. The van der Waals surface area contributed by atoms with Gasteiger partial charge < -0.3 is 10.3 Å². The third-order valence-electron chi connectivity index (χ3n) is 3.53. The second kappa shape index (κ2) is 4.68. The fourth-order valence-corrected chi connectivity index (χ4v) is 1.77. The lowest BCUT2D eigenvalue weighted by Crippen LogP contribution is -2.50. The molecule has 19 heavy (non-hydrogen) atoms. The van der Waals surface area contributed by atoms with Crippen LogP contribution < -0.4 is 5.73 Å². The van der Waals surface area contributed by atoms with Crippen molar-refractivity contribution in [3.8, 4) is 11.4 Å². The largest absolute Gasteiger partial charge is 0.338 e. The Balaban J connectivity index is 2.40. The number of hydrogen-bond acceptors (Lipinski definition) is 5. The molecule has 0 atom stereocenters. The maximum Gasteiger partial charge on any atom is 0.234 e. The zero-order chi connectivity index (χ0) is 14.3. The van der Waals surface area contributed by atoms with Crippen LogP contribution in [0.25, 0.3) is 11.4 Å². The number of halogens is 1. The van der Waals surface area contributed by atoms with E-state index in [1.54, 1.807) is 12.4 Å². The van der Waals surface area contributed by atoms with Crippen LogP contribution in [0.2, 0.25) is 0 Å². The van der Waals surface area contributed by atoms with Crippen LogP contribution in [0.3, 0.4) is 0 Å². The van der Waals surface area contributed by atoms with Crippen LogP contribution in [0.5, 0.6) is 0 Å². The number of nitrogens with zero attached hydrogens (tertiary/aromatic N) is 3. The molecule has 0 fully saturated rings. The normalized spacial score (nSPS) is 12.7. The van der Waals surface area contributed by atoms with Gasteiger partial charge in [0, 0.05) is 28.0 Å². The van der Waals surface area contributed by atoms with Crippen LogP contribution in [-0.2, 0) is 5.41 Å². The first-order valence-corrected chi connectivity index (χ1v) is 6.75. The van der Waals surface area contributed by atoms with Gasteiger partial charge in [-0.25, -0.2) is 0 Å². The fourth-order valence-electron chi connectivity index (χ4n) is 1.40. The number of hydrogen-bond donors (Lipinski definition) is 1.